The second kappa shape index (κ2) is 14.4. The number of rotatable bonds is 3. The second-order valence-electron chi connectivity index (χ2n) is 3.28. The molecule has 0 saturated carbocycles. The van der Waals surface area contributed by atoms with Crippen LogP contribution in [-0.2, 0) is 6.42 Å². The van der Waals surface area contributed by atoms with Crippen molar-refractivity contribution in [3.8, 4) is 0 Å². The van der Waals surface area contributed by atoms with Crippen molar-refractivity contribution in [2.45, 2.75) is 34.1 Å². The Morgan fingerprint density at radius 2 is 1.71 bits per heavy atom. The normalized spacial score (nSPS) is 8.47. The highest BCUT2D eigenvalue weighted by atomic mass is 13.9. The lowest BCUT2D eigenvalue weighted by atomic mass is 10.2. The van der Waals surface area contributed by atoms with Gasteiger partial charge in [-0.2, -0.15) is 0 Å². The van der Waals surface area contributed by atoms with E-state index in [1.807, 2.05) is 39.0 Å². The van der Waals surface area contributed by atoms with Crippen LogP contribution in [-0.4, -0.2) is 0 Å². The summed E-state index contributed by atoms with van der Waals surface area (Å²) in [5.41, 5.74) is 2.47. The van der Waals surface area contributed by atoms with Gasteiger partial charge in [0.15, 0.2) is 0 Å². The minimum Gasteiger partial charge on any atom is -0.0991 e. The molecule has 0 nitrogen and oxygen atoms in total. The van der Waals surface area contributed by atoms with Crippen LogP contribution in [0, 0.1) is 0 Å². The maximum absolute atomic E-state index is 3.66. The molecule has 0 amide bonds. The molecule has 94 valence electrons. The zero-order valence-electron chi connectivity index (χ0n) is 11.7. The Morgan fingerprint density at radius 3 is 1.94 bits per heavy atom. The molecular formula is C17H26. The molecule has 0 atom stereocenters. The van der Waals surface area contributed by atoms with E-state index in [4.69, 9.17) is 0 Å². The Bertz CT molecular complexity index is 304. The summed E-state index contributed by atoms with van der Waals surface area (Å²) in [4.78, 5) is 0. The first-order chi connectivity index (χ1) is 8.20. The molecule has 0 saturated heterocycles. The summed E-state index contributed by atoms with van der Waals surface area (Å²) >= 11 is 0. The zero-order chi connectivity index (χ0) is 13.5. The molecule has 0 N–H and O–H groups in total. The van der Waals surface area contributed by atoms with E-state index >= 15 is 0 Å². The van der Waals surface area contributed by atoms with Gasteiger partial charge in [-0.25, -0.2) is 0 Å². The van der Waals surface area contributed by atoms with E-state index in [1.165, 1.54) is 5.56 Å². The quantitative estimate of drug-likeness (QED) is 0.595. The van der Waals surface area contributed by atoms with Crippen molar-refractivity contribution in [2.24, 2.45) is 0 Å². The van der Waals surface area contributed by atoms with Gasteiger partial charge in [-0.15, -0.1) is 0 Å². The summed E-state index contributed by atoms with van der Waals surface area (Å²) in [6.07, 6.45) is 6.64. The van der Waals surface area contributed by atoms with Gasteiger partial charge in [-0.1, -0.05) is 88.1 Å². The molecule has 1 aromatic carbocycles. The Morgan fingerprint density at radius 1 is 1.18 bits per heavy atom. The highest BCUT2D eigenvalue weighted by Gasteiger charge is 1.79. The highest BCUT2D eigenvalue weighted by Crippen LogP contribution is 1.96. The summed E-state index contributed by atoms with van der Waals surface area (Å²) in [6.45, 7) is 15.3. The fourth-order valence-electron chi connectivity index (χ4n) is 0.946. The molecule has 0 aliphatic rings. The molecule has 0 spiro atoms. The van der Waals surface area contributed by atoms with Crippen LogP contribution in [0.3, 0.4) is 0 Å². The number of benzene rings is 1. The fourth-order valence-corrected chi connectivity index (χ4v) is 0.946. The molecule has 1 aromatic rings. The van der Waals surface area contributed by atoms with Gasteiger partial charge in [0.1, 0.15) is 0 Å². The molecule has 17 heavy (non-hydrogen) atoms. The van der Waals surface area contributed by atoms with Gasteiger partial charge in [-0.3, -0.25) is 0 Å². The van der Waals surface area contributed by atoms with Crippen molar-refractivity contribution >= 4 is 0 Å². The minimum atomic E-state index is 1.06. The highest BCUT2D eigenvalue weighted by molar-refractivity contribution is 5.15. The summed E-state index contributed by atoms with van der Waals surface area (Å²) in [5.74, 6) is 0. The third kappa shape index (κ3) is 14.4. The maximum Gasteiger partial charge on any atom is -0.0307 e. The van der Waals surface area contributed by atoms with Crippen molar-refractivity contribution < 1.29 is 0 Å². The van der Waals surface area contributed by atoms with Crippen molar-refractivity contribution in [1.29, 1.82) is 0 Å². The molecule has 0 unspecified atom stereocenters. The van der Waals surface area contributed by atoms with Crippen LogP contribution in [0.5, 0.6) is 0 Å². The summed E-state index contributed by atoms with van der Waals surface area (Å²) in [6, 6.07) is 10.5. The van der Waals surface area contributed by atoms with Crippen LogP contribution in [0.4, 0.5) is 0 Å². The standard InChI is InChI=1S/C8H10.C7H10.C2H6/c1-2-8-6-4-3-5-7-8;1-4-5-6-7(2)3;1-2/h3-7H,2H2,1H3;4-6H,1-2H2,3H3;1-2H3/b;6-5-;. The average Bonchev–Trinajstić information content (AvgIpc) is 2.40. The van der Waals surface area contributed by atoms with Crippen LogP contribution in [0.25, 0.3) is 0 Å². The smallest absolute Gasteiger partial charge is 0.0307 e. The Kier molecular flexibility index (Phi) is 15.1. The van der Waals surface area contributed by atoms with Crippen molar-refractivity contribution in [3.63, 3.8) is 0 Å². The first-order valence-electron chi connectivity index (χ1n) is 6.19. The van der Waals surface area contributed by atoms with Crippen LogP contribution < -0.4 is 0 Å². The van der Waals surface area contributed by atoms with E-state index < -0.39 is 0 Å². The number of allylic oxidation sites excluding steroid dienone is 4. The van der Waals surface area contributed by atoms with E-state index in [-0.39, 0.29) is 0 Å². The van der Waals surface area contributed by atoms with E-state index in [9.17, 15) is 0 Å². The molecule has 0 bridgehead atoms. The third-order valence-electron chi connectivity index (χ3n) is 1.77. The monoisotopic (exact) mass is 230 g/mol. The third-order valence-corrected chi connectivity index (χ3v) is 1.77. The largest absolute Gasteiger partial charge is 0.0991 e. The Hall–Kier alpha value is -1.56. The van der Waals surface area contributed by atoms with Gasteiger partial charge in [-0.05, 0) is 18.9 Å². The number of hydrogen-bond donors (Lipinski definition) is 0. The first kappa shape index (κ1) is 17.8. The molecule has 0 aliphatic carbocycles. The van der Waals surface area contributed by atoms with Gasteiger partial charge < -0.3 is 0 Å². The van der Waals surface area contributed by atoms with Gasteiger partial charge >= 0.3 is 0 Å². The summed E-state index contributed by atoms with van der Waals surface area (Å²) in [7, 11) is 0. The first-order valence-corrected chi connectivity index (χ1v) is 6.19. The van der Waals surface area contributed by atoms with Gasteiger partial charge in [0.2, 0.25) is 0 Å². The van der Waals surface area contributed by atoms with Crippen molar-refractivity contribution in [1.82, 2.24) is 0 Å². The summed E-state index contributed by atoms with van der Waals surface area (Å²) in [5, 5.41) is 0. The fraction of sp³-hybridized carbons (Fsp3) is 0.294. The SMILES string of the molecule is C=C/C=C\C(=C)C.CC.CCc1ccccc1. The molecular weight excluding hydrogens is 204 g/mol. The molecule has 0 radical (unpaired) electrons. The minimum absolute atomic E-state index is 1.06. The van der Waals surface area contributed by atoms with Crippen LogP contribution >= 0.6 is 0 Å². The number of hydrogen-bond acceptors (Lipinski definition) is 0. The molecule has 0 heteroatoms. The molecule has 0 aromatic heterocycles. The molecule has 1 rings (SSSR count). The predicted molar refractivity (Wildman–Crippen MR) is 81.3 cm³/mol. The average molecular weight is 230 g/mol. The van der Waals surface area contributed by atoms with E-state index in [1.54, 1.807) is 6.08 Å². The second-order valence-corrected chi connectivity index (χ2v) is 3.28. The lowest BCUT2D eigenvalue weighted by molar-refractivity contribution is 1.14. The lowest BCUT2D eigenvalue weighted by Crippen LogP contribution is -1.73. The van der Waals surface area contributed by atoms with Gasteiger partial charge in [0, 0.05) is 0 Å². The van der Waals surface area contributed by atoms with Crippen molar-refractivity contribution in [3.05, 3.63) is 72.9 Å². The molecule has 0 aliphatic heterocycles. The van der Waals surface area contributed by atoms with Gasteiger partial charge in [0.05, 0.1) is 0 Å². The van der Waals surface area contributed by atoms with Crippen LogP contribution in [0.15, 0.2) is 67.3 Å². The van der Waals surface area contributed by atoms with E-state index in [0.29, 0.717) is 0 Å². The topological polar surface area (TPSA) is 0 Å². The van der Waals surface area contributed by atoms with Gasteiger partial charge in [0.25, 0.3) is 0 Å². The lowest BCUT2D eigenvalue weighted by Gasteiger charge is -1.89. The molecule has 0 heterocycles. The summed E-state index contributed by atoms with van der Waals surface area (Å²) < 4.78 is 0. The maximum atomic E-state index is 3.66. The van der Waals surface area contributed by atoms with Crippen molar-refractivity contribution in [2.75, 3.05) is 0 Å². The predicted octanol–water partition coefficient (Wildman–Crippen LogP) is 5.58. The van der Waals surface area contributed by atoms with E-state index in [0.717, 1.165) is 12.0 Å². The molecule has 0 fully saturated rings. The van der Waals surface area contributed by atoms with Crippen LogP contribution in [0.2, 0.25) is 0 Å². The Labute approximate surface area is 107 Å². The van der Waals surface area contributed by atoms with Crippen LogP contribution in [0.1, 0.15) is 33.3 Å². The Balaban J connectivity index is 0. The number of aryl methyl sites for hydroxylation is 1. The van der Waals surface area contributed by atoms with E-state index in [2.05, 4.69) is 44.3 Å². The zero-order valence-corrected chi connectivity index (χ0v) is 11.7.